The van der Waals surface area contributed by atoms with Gasteiger partial charge in [0.25, 0.3) is 0 Å². The minimum atomic E-state index is -5.26. The fraction of sp³-hybridized carbons (Fsp3) is 0.423. The molecular formula is C26H31F3N4O4. The molecule has 3 rings (SSSR count). The summed E-state index contributed by atoms with van der Waals surface area (Å²) in [5, 5.41) is 2.67. The number of aryl methyl sites for hydroxylation is 3. The highest BCUT2D eigenvalue weighted by atomic mass is 19.4. The summed E-state index contributed by atoms with van der Waals surface area (Å²) in [7, 11) is 0. The average molecular weight is 521 g/mol. The standard InChI is InChI=1S/C26H31F3N4O4/c1-15-13-20-21(14-16(15)2)36-24(33-20)22(37-25(35)26(27,28)29)19(11-10-17-7-4-3-5-8-17)32-23(34)18(31)9-6-12-30/h3-5,7-8,13-14,18-19,22H,6,9-12,30-31H2,1-2H3,(H,32,34)/t18-,19-,22?/m1/s1. The van der Waals surface area contributed by atoms with Crippen molar-refractivity contribution >= 4 is 23.0 Å². The highest BCUT2D eigenvalue weighted by Gasteiger charge is 2.45. The van der Waals surface area contributed by atoms with Crippen LogP contribution in [0.2, 0.25) is 0 Å². The van der Waals surface area contributed by atoms with Gasteiger partial charge in [-0.1, -0.05) is 30.3 Å². The van der Waals surface area contributed by atoms with Gasteiger partial charge in [-0.2, -0.15) is 13.2 Å². The Morgan fingerprint density at radius 2 is 1.78 bits per heavy atom. The van der Waals surface area contributed by atoms with Crippen LogP contribution in [0.15, 0.2) is 46.9 Å². The van der Waals surface area contributed by atoms with Gasteiger partial charge in [0.1, 0.15) is 5.52 Å². The largest absolute Gasteiger partial charge is 0.490 e. The Balaban J connectivity index is 2.00. The summed E-state index contributed by atoms with van der Waals surface area (Å²) in [6, 6.07) is 10.5. The maximum Gasteiger partial charge on any atom is 0.490 e. The molecule has 3 atom stereocenters. The second-order valence-corrected chi connectivity index (χ2v) is 8.96. The molecule has 0 bridgehead atoms. The van der Waals surface area contributed by atoms with Crippen LogP contribution in [0.4, 0.5) is 13.2 Å². The van der Waals surface area contributed by atoms with Crippen LogP contribution in [0.3, 0.4) is 0 Å². The van der Waals surface area contributed by atoms with Crippen molar-refractivity contribution < 1.29 is 31.9 Å². The van der Waals surface area contributed by atoms with Crippen LogP contribution in [-0.4, -0.2) is 41.7 Å². The van der Waals surface area contributed by atoms with Gasteiger partial charge in [0, 0.05) is 0 Å². The van der Waals surface area contributed by atoms with Crippen LogP contribution >= 0.6 is 0 Å². The Labute approximate surface area is 212 Å². The number of carbonyl (C=O) groups is 2. The minimum absolute atomic E-state index is 0.117. The summed E-state index contributed by atoms with van der Waals surface area (Å²) in [6.45, 7) is 4.03. The SMILES string of the molecule is Cc1cc2nc(C(OC(=O)C(F)(F)F)[C@@H](CCc3ccccc3)NC(=O)[C@H](N)CCCN)oc2cc1C. The number of rotatable bonds is 11. The Morgan fingerprint density at radius 1 is 1.11 bits per heavy atom. The van der Waals surface area contributed by atoms with E-state index in [-0.39, 0.29) is 18.7 Å². The third-order valence-electron chi connectivity index (χ3n) is 6.07. The number of nitrogens with one attached hydrogen (secondary N) is 1. The summed E-state index contributed by atoms with van der Waals surface area (Å²) in [6.07, 6.45) is -5.67. The molecule has 0 radical (unpaired) electrons. The number of hydrogen-bond donors (Lipinski definition) is 3. The lowest BCUT2D eigenvalue weighted by atomic mass is 10.00. The summed E-state index contributed by atoms with van der Waals surface area (Å²) in [5.74, 6) is -3.28. The van der Waals surface area contributed by atoms with Crippen LogP contribution in [-0.2, 0) is 20.7 Å². The Morgan fingerprint density at radius 3 is 2.43 bits per heavy atom. The zero-order chi connectivity index (χ0) is 27.2. The molecule has 200 valence electrons. The van der Waals surface area contributed by atoms with E-state index in [1.165, 1.54) is 0 Å². The molecule has 0 aliphatic rings. The molecule has 1 heterocycles. The fourth-order valence-corrected chi connectivity index (χ4v) is 3.83. The molecule has 0 aliphatic carbocycles. The second kappa shape index (κ2) is 12.2. The molecule has 0 aliphatic heterocycles. The molecule has 3 aromatic rings. The molecule has 0 saturated heterocycles. The number of nitrogens with two attached hydrogens (primary N) is 2. The van der Waals surface area contributed by atoms with Gasteiger partial charge < -0.3 is 25.9 Å². The number of halogens is 3. The Hall–Kier alpha value is -3.44. The van der Waals surface area contributed by atoms with Crippen molar-refractivity contribution in [3.8, 4) is 0 Å². The molecule has 8 nitrogen and oxygen atoms in total. The average Bonchev–Trinajstić information content (AvgIpc) is 3.25. The highest BCUT2D eigenvalue weighted by Crippen LogP contribution is 2.31. The molecule has 1 unspecified atom stereocenters. The van der Waals surface area contributed by atoms with E-state index in [2.05, 4.69) is 10.3 Å². The number of fused-ring (bicyclic) bond motifs is 1. The summed E-state index contributed by atoms with van der Waals surface area (Å²) in [5.41, 5.74) is 14.8. The first kappa shape index (κ1) is 28.1. The van der Waals surface area contributed by atoms with Gasteiger partial charge in [-0.05, 0) is 74.9 Å². The molecular weight excluding hydrogens is 489 g/mol. The maximum atomic E-state index is 13.2. The predicted octanol–water partition coefficient (Wildman–Crippen LogP) is 3.78. The van der Waals surface area contributed by atoms with Crippen molar-refractivity contribution in [2.45, 2.75) is 63.9 Å². The van der Waals surface area contributed by atoms with E-state index in [9.17, 15) is 22.8 Å². The third-order valence-corrected chi connectivity index (χ3v) is 6.07. The first-order valence-corrected chi connectivity index (χ1v) is 11.9. The normalized spacial score (nSPS) is 14.2. The second-order valence-electron chi connectivity index (χ2n) is 8.96. The van der Waals surface area contributed by atoms with Crippen LogP contribution in [0.1, 0.15) is 47.9 Å². The van der Waals surface area contributed by atoms with Crippen molar-refractivity contribution in [1.82, 2.24) is 10.3 Å². The van der Waals surface area contributed by atoms with Crippen LogP contribution in [0, 0.1) is 13.8 Å². The van der Waals surface area contributed by atoms with Crippen LogP contribution in [0.25, 0.3) is 11.1 Å². The number of ether oxygens (including phenoxy) is 1. The van der Waals surface area contributed by atoms with Crippen molar-refractivity contribution in [3.63, 3.8) is 0 Å². The van der Waals surface area contributed by atoms with E-state index in [4.69, 9.17) is 20.6 Å². The van der Waals surface area contributed by atoms with Crippen molar-refractivity contribution in [3.05, 3.63) is 65.0 Å². The van der Waals surface area contributed by atoms with E-state index in [0.717, 1.165) is 16.7 Å². The number of oxazole rings is 1. The van der Waals surface area contributed by atoms with E-state index in [0.29, 0.717) is 30.5 Å². The molecule has 5 N–H and O–H groups in total. The maximum absolute atomic E-state index is 13.2. The topological polar surface area (TPSA) is 133 Å². The smallest absolute Gasteiger partial charge is 0.443 e. The van der Waals surface area contributed by atoms with Crippen molar-refractivity contribution in [1.29, 1.82) is 0 Å². The lowest BCUT2D eigenvalue weighted by Crippen LogP contribution is -2.49. The molecule has 0 saturated carbocycles. The van der Waals surface area contributed by atoms with Gasteiger partial charge in [-0.3, -0.25) is 4.79 Å². The van der Waals surface area contributed by atoms with Gasteiger partial charge in [-0.25, -0.2) is 9.78 Å². The Kier molecular flexibility index (Phi) is 9.28. The number of hydrogen-bond acceptors (Lipinski definition) is 7. The third kappa shape index (κ3) is 7.53. The quantitative estimate of drug-likeness (QED) is 0.328. The lowest BCUT2D eigenvalue weighted by molar-refractivity contribution is -0.207. The summed E-state index contributed by atoms with van der Waals surface area (Å²) >= 11 is 0. The highest BCUT2D eigenvalue weighted by molar-refractivity contribution is 5.82. The number of alkyl halides is 3. The minimum Gasteiger partial charge on any atom is -0.443 e. The number of aromatic nitrogens is 1. The lowest BCUT2D eigenvalue weighted by Gasteiger charge is -2.27. The van der Waals surface area contributed by atoms with E-state index in [1.54, 1.807) is 12.1 Å². The molecule has 0 spiro atoms. The molecule has 11 heteroatoms. The van der Waals surface area contributed by atoms with Gasteiger partial charge in [0.15, 0.2) is 11.7 Å². The zero-order valence-electron chi connectivity index (χ0n) is 20.7. The first-order valence-electron chi connectivity index (χ1n) is 11.9. The molecule has 1 aromatic heterocycles. The zero-order valence-corrected chi connectivity index (χ0v) is 20.7. The van der Waals surface area contributed by atoms with Gasteiger partial charge in [-0.15, -0.1) is 0 Å². The van der Waals surface area contributed by atoms with E-state index < -0.39 is 36.2 Å². The molecule has 37 heavy (non-hydrogen) atoms. The number of amides is 1. The van der Waals surface area contributed by atoms with Crippen LogP contribution < -0.4 is 16.8 Å². The summed E-state index contributed by atoms with van der Waals surface area (Å²) in [4.78, 5) is 29.1. The van der Waals surface area contributed by atoms with E-state index >= 15 is 0 Å². The number of esters is 1. The van der Waals surface area contributed by atoms with Crippen LogP contribution in [0.5, 0.6) is 0 Å². The Bertz CT molecular complexity index is 1170. The molecule has 2 aromatic carbocycles. The van der Waals surface area contributed by atoms with Gasteiger partial charge in [0.2, 0.25) is 11.8 Å². The first-order chi connectivity index (χ1) is 17.5. The van der Waals surface area contributed by atoms with Gasteiger partial charge >= 0.3 is 12.1 Å². The predicted molar refractivity (Wildman–Crippen MR) is 131 cm³/mol. The molecule has 0 fully saturated rings. The fourth-order valence-electron chi connectivity index (χ4n) is 3.83. The van der Waals surface area contributed by atoms with Gasteiger partial charge in [0.05, 0.1) is 12.1 Å². The van der Waals surface area contributed by atoms with E-state index in [1.807, 2.05) is 44.2 Å². The number of benzene rings is 2. The monoisotopic (exact) mass is 520 g/mol. The summed E-state index contributed by atoms with van der Waals surface area (Å²) < 4.78 is 50.4. The number of nitrogens with zero attached hydrogens (tertiary/aromatic N) is 1. The van der Waals surface area contributed by atoms with Crippen molar-refractivity contribution in [2.24, 2.45) is 11.5 Å². The van der Waals surface area contributed by atoms with Crippen molar-refractivity contribution in [2.75, 3.05) is 6.54 Å². The number of carbonyl (C=O) groups excluding carboxylic acids is 2. The molecule has 1 amide bonds.